The molecule has 5 rings (SSSR count). The van der Waals surface area contributed by atoms with Crippen molar-refractivity contribution in [3.63, 3.8) is 0 Å². The number of fused-ring (bicyclic) bond motifs is 1. The number of carbonyl (C=O) groups is 1. The minimum atomic E-state index is -1.35. The summed E-state index contributed by atoms with van der Waals surface area (Å²) in [5, 5.41) is 21.4. The van der Waals surface area contributed by atoms with Crippen LogP contribution < -0.4 is 0 Å². The van der Waals surface area contributed by atoms with E-state index in [-0.39, 0.29) is 36.8 Å². The fraction of sp³-hybridized carbons (Fsp3) is 0.269. The number of carbonyl (C=O) groups excluding carboxylic acids is 1. The lowest BCUT2D eigenvalue weighted by Crippen LogP contribution is -2.47. The highest BCUT2D eigenvalue weighted by Gasteiger charge is 2.55. The number of hydrogen-bond acceptors (Lipinski definition) is 6. The Morgan fingerprint density at radius 2 is 1.77 bits per heavy atom. The second-order valence-corrected chi connectivity index (χ2v) is 10.0. The van der Waals surface area contributed by atoms with Gasteiger partial charge in [-0.15, -0.1) is 12.6 Å². The zero-order chi connectivity index (χ0) is 24.8. The number of thiol groups is 1. The predicted octanol–water partition coefficient (Wildman–Crippen LogP) is 5.18. The van der Waals surface area contributed by atoms with Crippen molar-refractivity contribution in [2.75, 3.05) is 13.2 Å². The molecule has 35 heavy (non-hydrogen) atoms. The molecular formula is C26H23ClN2O5S. The molecule has 3 aromatic rings. The number of amides is 1. The van der Waals surface area contributed by atoms with Gasteiger partial charge in [0.05, 0.1) is 18.1 Å². The molecule has 0 saturated heterocycles. The third-order valence-corrected chi connectivity index (χ3v) is 7.45. The molecule has 0 aromatic heterocycles. The first-order valence-corrected chi connectivity index (χ1v) is 12.0. The van der Waals surface area contributed by atoms with Crippen LogP contribution in [0.2, 0.25) is 5.02 Å². The second kappa shape index (κ2) is 8.95. The maximum atomic E-state index is 13.8. The van der Waals surface area contributed by atoms with Crippen LogP contribution in [0.3, 0.4) is 0 Å². The fourth-order valence-electron chi connectivity index (χ4n) is 4.56. The average molecular weight is 511 g/mol. The van der Waals surface area contributed by atoms with Gasteiger partial charge in [-0.05, 0) is 42.7 Å². The van der Waals surface area contributed by atoms with Gasteiger partial charge in [-0.1, -0.05) is 41.9 Å². The van der Waals surface area contributed by atoms with Gasteiger partial charge in [0.25, 0.3) is 11.6 Å². The number of benzene rings is 3. The Kier molecular flexibility index (Phi) is 6.09. The topological polar surface area (TPSA) is 92.9 Å². The Labute approximate surface area is 212 Å². The quantitative estimate of drug-likeness (QED) is 0.247. The van der Waals surface area contributed by atoms with Gasteiger partial charge in [0.15, 0.2) is 5.72 Å². The molecule has 1 fully saturated rings. The summed E-state index contributed by atoms with van der Waals surface area (Å²) in [7, 11) is 0. The van der Waals surface area contributed by atoms with Crippen LogP contribution in [-0.2, 0) is 17.0 Å². The van der Waals surface area contributed by atoms with E-state index in [1.807, 2.05) is 24.3 Å². The Morgan fingerprint density at radius 1 is 1.09 bits per heavy atom. The second-order valence-electron chi connectivity index (χ2n) is 9.11. The highest BCUT2D eigenvalue weighted by molar-refractivity contribution is 7.80. The number of aliphatic hydroxyl groups excluding tert-OH is 1. The van der Waals surface area contributed by atoms with Crippen molar-refractivity contribution < 1.29 is 19.6 Å². The van der Waals surface area contributed by atoms with Gasteiger partial charge in [-0.2, -0.15) is 0 Å². The third-order valence-electron chi connectivity index (χ3n) is 6.83. The van der Waals surface area contributed by atoms with Crippen LogP contribution in [0.5, 0.6) is 0 Å². The van der Waals surface area contributed by atoms with Crippen molar-refractivity contribution in [3.05, 3.63) is 104 Å². The minimum absolute atomic E-state index is 0.00959. The van der Waals surface area contributed by atoms with Crippen LogP contribution in [0.15, 0.2) is 71.6 Å². The van der Waals surface area contributed by atoms with Crippen LogP contribution in [0.4, 0.5) is 5.69 Å². The molecule has 9 heteroatoms. The van der Waals surface area contributed by atoms with E-state index in [1.165, 1.54) is 12.1 Å². The molecule has 1 saturated carbocycles. The molecular weight excluding hydrogens is 488 g/mol. The average Bonchev–Trinajstić information content (AvgIpc) is 3.60. The van der Waals surface area contributed by atoms with Gasteiger partial charge in [-0.25, -0.2) is 0 Å². The number of hydrogen-bond donors (Lipinski definition) is 2. The molecule has 1 unspecified atom stereocenters. The molecule has 7 nitrogen and oxygen atoms in total. The highest BCUT2D eigenvalue weighted by atomic mass is 35.5. The van der Waals surface area contributed by atoms with Crippen molar-refractivity contribution >= 4 is 35.8 Å². The zero-order valence-corrected chi connectivity index (χ0v) is 20.3. The monoisotopic (exact) mass is 510 g/mol. The number of halogens is 1. The molecule has 1 aliphatic carbocycles. The molecule has 2 aliphatic rings. The summed E-state index contributed by atoms with van der Waals surface area (Å²) < 4.78 is 6.69. The van der Waals surface area contributed by atoms with E-state index in [1.54, 1.807) is 35.2 Å². The predicted molar refractivity (Wildman–Crippen MR) is 134 cm³/mol. The molecule has 1 N–H and O–H groups in total. The molecule has 1 atom stereocenters. The van der Waals surface area contributed by atoms with Crippen molar-refractivity contribution in [2.45, 2.75) is 30.0 Å². The molecule has 0 spiro atoms. The van der Waals surface area contributed by atoms with E-state index < -0.39 is 10.6 Å². The zero-order valence-electron chi connectivity index (χ0n) is 18.7. The maximum absolute atomic E-state index is 13.8. The number of aliphatic hydroxyl groups is 1. The summed E-state index contributed by atoms with van der Waals surface area (Å²) in [5.74, 6) is -0.260. The number of nitro groups is 1. The number of ether oxygens (including phenoxy) is 1. The molecule has 3 aromatic carbocycles. The van der Waals surface area contributed by atoms with E-state index in [9.17, 15) is 20.0 Å². The number of rotatable bonds is 8. The summed E-state index contributed by atoms with van der Waals surface area (Å²) in [4.78, 5) is 26.8. The highest BCUT2D eigenvalue weighted by Crippen LogP contribution is 2.52. The van der Waals surface area contributed by atoms with Gasteiger partial charge < -0.3 is 9.84 Å². The minimum Gasteiger partial charge on any atom is -0.396 e. The summed E-state index contributed by atoms with van der Waals surface area (Å²) in [6.07, 6.45) is 1.67. The smallest absolute Gasteiger partial charge is 0.269 e. The molecule has 1 amide bonds. The van der Waals surface area contributed by atoms with Gasteiger partial charge >= 0.3 is 0 Å². The molecule has 0 radical (unpaired) electrons. The van der Waals surface area contributed by atoms with Crippen molar-refractivity contribution in [1.82, 2.24) is 4.90 Å². The standard InChI is InChI=1S/C26H23ClN2O5S/c27-22-3-1-2-21-23(22)26(18-6-10-20(35)11-7-18,34-16-25(15-30)12-13-25)28(24(21)31)14-17-4-8-19(9-5-17)29(32)33/h1-11,30,35H,12-16H2. The first-order valence-electron chi connectivity index (χ1n) is 11.2. The van der Waals surface area contributed by atoms with E-state index in [4.69, 9.17) is 16.3 Å². The number of nitro benzene ring substituents is 1. The van der Waals surface area contributed by atoms with Gasteiger partial charge in [0, 0.05) is 50.7 Å². The fourth-order valence-corrected chi connectivity index (χ4v) is 5.01. The molecule has 1 heterocycles. The SMILES string of the molecule is O=C1c2cccc(Cl)c2C(OCC2(CO)CC2)(c2ccc(S)cc2)N1Cc1ccc([N+](=O)[O-])cc1. The lowest BCUT2D eigenvalue weighted by Gasteiger charge is -2.40. The Hall–Kier alpha value is -2.91. The summed E-state index contributed by atoms with van der Waals surface area (Å²) in [6.45, 7) is 0.363. The largest absolute Gasteiger partial charge is 0.396 e. The van der Waals surface area contributed by atoms with E-state index in [2.05, 4.69) is 12.6 Å². The van der Waals surface area contributed by atoms with Crippen molar-refractivity contribution in [1.29, 1.82) is 0 Å². The van der Waals surface area contributed by atoms with Gasteiger partial charge in [0.2, 0.25) is 0 Å². The van der Waals surface area contributed by atoms with Crippen LogP contribution >= 0.6 is 24.2 Å². The molecule has 180 valence electrons. The van der Waals surface area contributed by atoms with Crippen molar-refractivity contribution in [2.24, 2.45) is 5.41 Å². The lowest BCUT2D eigenvalue weighted by atomic mass is 9.92. The third kappa shape index (κ3) is 4.10. The number of non-ortho nitro benzene ring substituents is 1. The first-order chi connectivity index (χ1) is 16.8. The Balaban J connectivity index is 1.66. The number of nitrogens with zero attached hydrogens (tertiary/aromatic N) is 2. The van der Waals surface area contributed by atoms with Gasteiger partial charge in [-0.3, -0.25) is 19.8 Å². The van der Waals surface area contributed by atoms with Crippen LogP contribution in [0, 0.1) is 15.5 Å². The van der Waals surface area contributed by atoms with E-state index in [0.717, 1.165) is 17.7 Å². The first kappa shape index (κ1) is 23.8. The normalized spacial score (nSPS) is 20.1. The van der Waals surface area contributed by atoms with Crippen molar-refractivity contribution in [3.8, 4) is 0 Å². The van der Waals surface area contributed by atoms with Crippen LogP contribution in [0.25, 0.3) is 0 Å². The van der Waals surface area contributed by atoms with Crippen LogP contribution in [-0.4, -0.2) is 34.1 Å². The summed E-state index contributed by atoms with van der Waals surface area (Å²) in [6, 6.07) is 18.6. The summed E-state index contributed by atoms with van der Waals surface area (Å²) >= 11 is 11.1. The summed E-state index contributed by atoms with van der Waals surface area (Å²) in [5.41, 5.74) is 0.665. The lowest BCUT2D eigenvalue weighted by molar-refractivity contribution is -0.384. The maximum Gasteiger partial charge on any atom is 0.269 e. The molecule has 0 bridgehead atoms. The Bertz CT molecular complexity index is 1290. The van der Waals surface area contributed by atoms with E-state index >= 15 is 0 Å². The van der Waals surface area contributed by atoms with Gasteiger partial charge in [0.1, 0.15) is 0 Å². The van der Waals surface area contributed by atoms with Crippen LogP contribution in [0.1, 0.15) is 39.9 Å². The Morgan fingerprint density at radius 3 is 2.37 bits per heavy atom. The van der Waals surface area contributed by atoms with E-state index in [0.29, 0.717) is 27.3 Å². The molecule has 1 aliphatic heterocycles.